The average Bonchev–Trinajstić information content (AvgIpc) is 2.75. The molecule has 0 aliphatic rings. The second-order valence-corrected chi connectivity index (χ2v) is 5.02. The summed E-state index contributed by atoms with van der Waals surface area (Å²) >= 11 is -0.0373. The van der Waals surface area contributed by atoms with Crippen LogP contribution in [0.1, 0.15) is 19.8 Å². The maximum absolute atomic E-state index is 10.5. The number of nitrogens with one attached hydrogen (secondary N) is 1. The van der Waals surface area contributed by atoms with E-state index in [1.165, 1.54) is 0 Å². The van der Waals surface area contributed by atoms with Crippen LogP contribution in [0.15, 0.2) is 18.2 Å². The van der Waals surface area contributed by atoms with Crippen LogP contribution in [0, 0.1) is 0 Å². The van der Waals surface area contributed by atoms with Crippen molar-refractivity contribution in [3.8, 4) is 0 Å². The minimum absolute atomic E-state index is 0.0373. The number of hydrogen-bond acceptors (Lipinski definition) is 4. The van der Waals surface area contributed by atoms with Crippen molar-refractivity contribution in [3.05, 3.63) is 18.2 Å². The molecule has 0 aliphatic heterocycles. The normalized spacial score (nSPS) is 12.5. The first-order valence-electron chi connectivity index (χ1n) is 5.36. The molecule has 0 amide bonds. The predicted molar refractivity (Wildman–Crippen MR) is 66.4 cm³/mol. The van der Waals surface area contributed by atoms with E-state index in [2.05, 4.69) is 13.3 Å². The fraction of sp³-hybridized carbons (Fsp3) is 0.364. The van der Waals surface area contributed by atoms with E-state index in [4.69, 9.17) is 5.11 Å². The quantitative estimate of drug-likeness (QED) is 0.815. The van der Waals surface area contributed by atoms with Gasteiger partial charge in [0.2, 0.25) is 0 Å². The summed E-state index contributed by atoms with van der Waals surface area (Å²) in [4.78, 5) is 10.5. The van der Waals surface area contributed by atoms with Gasteiger partial charge in [0.15, 0.2) is 0 Å². The zero-order valence-electron chi connectivity index (χ0n) is 9.38. The summed E-state index contributed by atoms with van der Waals surface area (Å²) in [5.41, 5.74) is 2.79. The monoisotopic (exact) mass is 299 g/mol. The number of aliphatic carboxylic acids is 1. The predicted octanol–water partition coefficient (Wildman–Crippen LogP) is 1.35. The second-order valence-electron chi connectivity index (χ2n) is 3.92. The van der Waals surface area contributed by atoms with Gasteiger partial charge in [-0.2, -0.15) is 0 Å². The molecule has 0 spiro atoms. The minimum atomic E-state index is -0.764. The Bertz CT molecular complexity index is 526. The molecule has 2 rings (SSSR count). The van der Waals surface area contributed by atoms with Crippen molar-refractivity contribution in [1.82, 2.24) is 7.96 Å². The third-order valence-corrected chi connectivity index (χ3v) is 3.62. The number of carboxylic acids is 1. The van der Waals surface area contributed by atoms with Gasteiger partial charge >= 0.3 is 105 Å². The standard InChI is InChI=1S/C11H13N3O2Se/c1-7(5-6-10(15)16)12-8-3-2-4-9-11(8)14-17-13-9/h2-4,7,12H,5-6H2,1H3,(H,15,16). The van der Waals surface area contributed by atoms with Crippen LogP contribution < -0.4 is 5.32 Å². The zero-order chi connectivity index (χ0) is 12.3. The van der Waals surface area contributed by atoms with Gasteiger partial charge in [-0.25, -0.2) is 0 Å². The molecular formula is C11H13N3O2Se. The van der Waals surface area contributed by atoms with Crippen molar-refractivity contribution < 1.29 is 9.90 Å². The Hall–Kier alpha value is -1.39. The van der Waals surface area contributed by atoms with Crippen LogP contribution in [0.5, 0.6) is 0 Å². The number of fused-ring (bicyclic) bond motifs is 1. The number of carbonyl (C=O) groups is 1. The number of anilines is 1. The number of nitrogens with zero attached hydrogens (tertiary/aromatic N) is 2. The summed E-state index contributed by atoms with van der Waals surface area (Å²) < 4.78 is 8.67. The molecule has 1 heterocycles. The van der Waals surface area contributed by atoms with E-state index in [9.17, 15) is 4.79 Å². The van der Waals surface area contributed by atoms with Gasteiger partial charge in [0.25, 0.3) is 0 Å². The number of aromatic nitrogens is 2. The Morgan fingerprint density at radius 2 is 2.35 bits per heavy atom. The van der Waals surface area contributed by atoms with Gasteiger partial charge in [0.1, 0.15) is 0 Å². The van der Waals surface area contributed by atoms with Crippen molar-refractivity contribution >= 4 is 37.7 Å². The van der Waals surface area contributed by atoms with Crippen LogP contribution in [-0.2, 0) is 4.79 Å². The summed E-state index contributed by atoms with van der Waals surface area (Å²) in [6.07, 6.45) is 0.774. The molecule has 0 aliphatic carbocycles. The molecule has 2 N–H and O–H groups in total. The third kappa shape index (κ3) is 3.05. The fourth-order valence-corrected chi connectivity index (χ4v) is 2.75. The summed E-state index contributed by atoms with van der Waals surface area (Å²) in [6.45, 7) is 1.97. The zero-order valence-corrected chi connectivity index (χ0v) is 11.1. The van der Waals surface area contributed by atoms with Crippen LogP contribution in [0.3, 0.4) is 0 Å². The molecule has 0 saturated heterocycles. The van der Waals surface area contributed by atoms with Crippen molar-refractivity contribution in [3.63, 3.8) is 0 Å². The second kappa shape index (κ2) is 5.29. The molecule has 17 heavy (non-hydrogen) atoms. The van der Waals surface area contributed by atoms with E-state index in [1.807, 2.05) is 25.1 Å². The first-order chi connectivity index (χ1) is 8.16. The molecule has 1 atom stereocenters. The Morgan fingerprint density at radius 1 is 1.53 bits per heavy atom. The van der Waals surface area contributed by atoms with E-state index >= 15 is 0 Å². The van der Waals surface area contributed by atoms with Gasteiger partial charge < -0.3 is 0 Å². The third-order valence-electron chi connectivity index (χ3n) is 2.48. The Morgan fingerprint density at radius 3 is 3.12 bits per heavy atom. The van der Waals surface area contributed by atoms with Crippen LogP contribution in [0.4, 0.5) is 5.69 Å². The van der Waals surface area contributed by atoms with Crippen LogP contribution in [0.2, 0.25) is 0 Å². The molecule has 0 bridgehead atoms. The summed E-state index contributed by atoms with van der Waals surface area (Å²) in [5.74, 6) is -0.764. The van der Waals surface area contributed by atoms with Crippen molar-refractivity contribution in [1.29, 1.82) is 0 Å². The Labute approximate surface area is 105 Å². The molecule has 5 nitrogen and oxygen atoms in total. The van der Waals surface area contributed by atoms with Gasteiger partial charge in [-0.05, 0) is 0 Å². The van der Waals surface area contributed by atoms with Crippen molar-refractivity contribution in [2.75, 3.05) is 5.32 Å². The van der Waals surface area contributed by atoms with Crippen molar-refractivity contribution in [2.45, 2.75) is 25.8 Å². The molecule has 2 aromatic rings. The molecular weight excluding hydrogens is 285 g/mol. The van der Waals surface area contributed by atoms with Crippen LogP contribution in [0.25, 0.3) is 11.0 Å². The summed E-state index contributed by atoms with van der Waals surface area (Å²) in [7, 11) is 0. The average molecular weight is 298 g/mol. The molecule has 1 aromatic heterocycles. The molecule has 0 saturated carbocycles. The van der Waals surface area contributed by atoms with Crippen LogP contribution in [-0.4, -0.2) is 40.0 Å². The van der Waals surface area contributed by atoms with Gasteiger partial charge in [0.05, 0.1) is 0 Å². The summed E-state index contributed by atoms with van der Waals surface area (Å²) in [6, 6.07) is 5.95. The van der Waals surface area contributed by atoms with E-state index in [0.717, 1.165) is 16.7 Å². The number of hydrogen-bond donors (Lipinski definition) is 2. The number of benzene rings is 1. The topological polar surface area (TPSA) is 75.1 Å². The van der Waals surface area contributed by atoms with Crippen molar-refractivity contribution in [2.24, 2.45) is 0 Å². The van der Waals surface area contributed by atoms with Gasteiger partial charge in [-0.15, -0.1) is 0 Å². The SMILES string of the molecule is CC(CCC(=O)O)Nc1cccc2n[se]nc12. The fourth-order valence-electron chi connectivity index (χ4n) is 1.60. The van der Waals surface area contributed by atoms with Crippen LogP contribution >= 0.6 is 0 Å². The first kappa shape index (κ1) is 12.1. The molecule has 0 fully saturated rings. The molecule has 0 radical (unpaired) electrons. The Kier molecular flexibility index (Phi) is 3.76. The van der Waals surface area contributed by atoms with Gasteiger partial charge in [-0.3, -0.25) is 0 Å². The van der Waals surface area contributed by atoms with E-state index in [0.29, 0.717) is 6.42 Å². The molecule has 90 valence electrons. The first-order valence-corrected chi connectivity index (χ1v) is 6.89. The molecule has 6 heteroatoms. The molecule has 1 aromatic carbocycles. The van der Waals surface area contributed by atoms with E-state index in [1.54, 1.807) is 0 Å². The van der Waals surface area contributed by atoms with Gasteiger partial charge in [-0.1, -0.05) is 0 Å². The molecule has 1 unspecified atom stereocenters. The van der Waals surface area contributed by atoms with Gasteiger partial charge in [0, 0.05) is 0 Å². The number of rotatable bonds is 5. The Balaban J connectivity index is 2.07. The summed E-state index contributed by atoms with van der Waals surface area (Å²) in [5, 5.41) is 11.9. The number of carboxylic acid groups (broad SMARTS) is 1. The van der Waals surface area contributed by atoms with E-state index < -0.39 is 5.97 Å². The van der Waals surface area contributed by atoms with E-state index in [-0.39, 0.29) is 27.4 Å². The maximum atomic E-state index is 10.5.